The summed E-state index contributed by atoms with van der Waals surface area (Å²) in [5.41, 5.74) is 0.731. The number of nitrogens with zero attached hydrogens (tertiary/aromatic N) is 4. The molecule has 132 valence electrons. The third-order valence-corrected chi connectivity index (χ3v) is 3.47. The number of hydrogen-bond donors (Lipinski definition) is 0. The van der Waals surface area contributed by atoms with Gasteiger partial charge in [0.25, 0.3) is 0 Å². The van der Waals surface area contributed by atoms with Crippen molar-refractivity contribution in [2.75, 3.05) is 14.2 Å². The second kappa shape index (κ2) is 8.26. The number of aromatic nitrogens is 3. The third-order valence-electron chi connectivity index (χ3n) is 3.24. The van der Waals surface area contributed by atoms with Crippen LogP contribution in [0.4, 0.5) is 5.82 Å². The molecular weight excluding hydrogens is 356 g/mol. The average Bonchev–Trinajstić information content (AvgIpc) is 2.68. The summed E-state index contributed by atoms with van der Waals surface area (Å²) in [7, 11) is 3.01. The number of methoxy groups -OCH3 is 2. The van der Waals surface area contributed by atoms with Gasteiger partial charge < -0.3 is 14.2 Å². The van der Waals surface area contributed by atoms with Crippen LogP contribution < -0.4 is 14.2 Å². The van der Waals surface area contributed by atoms with Crippen molar-refractivity contribution in [3.8, 4) is 23.5 Å². The predicted molar refractivity (Wildman–Crippen MR) is 98.2 cm³/mol. The summed E-state index contributed by atoms with van der Waals surface area (Å²) < 4.78 is 16.0. The molecule has 7 nitrogen and oxygen atoms in total. The number of para-hydroxylation sites is 1. The molecular formula is C18H15ClN4O3. The molecule has 0 N–H and O–H groups in total. The van der Waals surface area contributed by atoms with E-state index in [0.717, 1.165) is 5.56 Å². The maximum absolute atomic E-state index is 5.83. The summed E-state index contributed by atoms with van der Waals surface area (Å²) in [6.07, 6.45) is 3.18. The monoisotopic (exact) mass is 370 g/mol. The van der Waals surface area contributed by atoms with Gasteiger partial charge >= 0.3 is 6.01 Å². The molecule has 0 aliphatic heterocycles. The van der Waals surface area contributed by atoms with Crippen LogP contribution in [0, 0.1) is 0 Å². The molecule has 0 spiro atoms. The zero-order valence-corrected chi connectivity index (χ0v) is 14.8. The fourth-order valence-electron chi connectivity index (χ4n) is 2.00. The van der Waals surface area contributed by atoms with Crippen molar-refractivity contribution >= 4 is 23.6 Å². The fourth-order valence-corrected chi connectivity index (χ4v) is 2.11. The van der Waals surface area contributed by atoms with Gasteiger partial charge in [-0.1, -0.05) is 23.7 Å². The Morgan fingerprint density at radius 3 is 2.38 bits per heavy atom. The summed E-state index contributed by atoms with van der Waals surface area (Å²) in [5.74, 6) is 1.73. The minimum atomic E-state index is 0.103. The highest BCUT2D eigenvalue weighted by atomic mass is 35.5. The first kappa shape index (κ1) is 17.6. The first-order chi connectivity index (χ1) is 12.7. The van der Waals surface area contributed by atoms with Crippen molar-refractivity contribution in [3.05, 3.63) is 59.2 Å². The van der Waals surface area contributed by atoms with Crippen molar-refractivity contribution in [3.63, 3.8) is 0 Å². The van der Waals surface area contributed by atoms with Crippen molar-refractivity contribution in [1.82, 2.24) is 15.0 Å². The molecule has 8 heteroatoms. The van der Waals surface area contributed by atoms with Gasteiger partial charge in [0.2, 0.25) is 11.8 Å². The number of halogens is 1. The molecule has 0 aliphatic carbocycles. The molecule has 0 atom stereocenters. The van der Waals surface area contributed by atoms with E-state index in [1.807, 2.05) is 18.2 Å². The first-order valence-electron chi connectivity index (χ1n) is 7.57. The largest absolute Gasteiger partial charge is 0.481 e. The van der Waals surface area contributed by atoms with Gasteiger partial charge in [0.1, 0.15) is 5.75 Å². The molecule has 0 aliphatic rings. The molecule has 1 aromatic carbocycles. The lowest BCUT2D eigenvalue weighted by Crippen LogP contribution is -1.99. The second-order valence-electron chi connectivity index (χ2n) is 4.97. The number of aliphatic imine (C=N–C) groups is 1. The Kier molecular flexibility index (Phi) is 5.60. The predicted octanol–water partition coefficient (Wildman–Crippen LogP) is 4.09. The van der Waals surface area contributed by atoms with Crippen LogP contribution in [-0.2, 0) is 0 Å². The van der Waals surface area contributed by atoms with E-state index in [-0.39, 0.29) is 6.01 Å². The third kappa shape index (κ3) is 4.46. The lowest BCUT2D eigenvalue weighted by Gasteiger charge is -2.09. The number of rotatable bonds is 6. The zero-order chi connectivity index (χ0) is 18.4. The van der Waals surface area contributed by atoms with E-state index in [1.54, 1.807) is 30.5 Å². The molecule has 2 heterocycles. The fraction of sp³-hybridized carbons (Fsp3) is 0.111. The molecule has 0 amide bonds. The van der Waals surface area contributed by atoms with Crippen LogP contribution in [0.3, 0.4) is 0 Å². The minimum absolute atomic E-state index is 0.103. The number of hydrogen-bond acceptors (Lipinski definition) is 7. The number of benzene rings is 1. The van der Waals surface area contributed by atoms with E-state index in [1.165, 1.54) is 20.4 Å². The molecule has 2 aromatic heterocycles. The van der Waals surface area contributed by atoms with Gasteiger partial charge in [0.05, 0.1) is 25.3 Å². The zero-order valence-electron chi connectivity index (χ0n) is 14.1. The van der Waals surface area contributed by atoms with Gasteiger partial charge in [-0.3, -0.25) is 0 Å². The molecule has 0 saturated carbocycles. The number of ether oxygens (including phenoxy) is 3. The van der Waals surface area contributed by atoms with Gasteiger partial charge in [0.15, 0.2) is 5.82 Å². The lowest BCUT2D eigenvalue weighted by molar-refractivity contribution is 0.348. The SMILES string of the molecule is COc1cc(OC)nc(Oc2ccccc2C=Nc2ccc(Cl)cn2)n1. The Morgan fingerprint density at radius 1 is 1.00 bits per heavy atom. The van der Waals surface area contributed by atoms with E-state index in [4.69, 9.17) is 25.8 Å². The summed E-state index contributed by atoms with van der Waals surface area (Å²) in [5, 5.41) is 0.553. The van der Waals surface area contributed by atoms with Gasteiger partial charge in [-0.2, -0.15) is 9.97 Å². The Bertz CT molecular complexity index is 894. The molecule has 0 saturated heterocycles. The van der Waals surface area contributed by atoms with Crippen LogP contribution in [0.2, 0.25) is 5.02 Å². The van der Waals surface area contributed by atoms with Gasteiger partial charge in [-0.25, -0.2) is 9.98 Å². The lowest BCUT2D eigenvalue weighted by atomic mass is 10.2. The maximum atomic E-state index is 5.83. The number of pyridine rings is 1. The Labute approximate surface area is 155 Å². The van der Waals surface area contributed by atoms with Gasteiger partial charge in [-0.05, 0) is 24.3 Å². The van der Waals surface area contributed by atoms with Crippen molar-refractivity contribution in [1.29, 1.82) is 0 Å². The Balaban J connectivity index is 1.86. The Morgan fingerprint density at radius 2 is 1.73 bits per heavy atom. The van der Waals surface area contributed by atoms with Crippen LogP contribution >= 0.6 is 11.6 Å². The summed E-state index contributed by atoms with van der Waals surface area (Å²) in [6, 6.07) is 12.5. The molecule has 3 aromatic rings. The smallest absolute Gasteiger partial charge is 0.328 e. The van der Waals surface area contributed by atoms with Crippen LogP contribution in [0.15, 0.2) is 53.7 Å². The van der Waals surface area contributed by atoms with E-state index < -0.39 is 0 Å². The Hall–Kier alpha value is -3.19. The highest BCUT2D eigenvalue weighted by Crippen LogP contribution is 2.26. The van der Waals surface area contributed by atoms with E-state index in [9.17, 15) is 0 Å². The van der Waals surface area contributed by atoms with Crippen molar-refractivity contribution in [2.24, 2.45) is 4.99 Å². The highest BCUT2D eigenvalue weighted by Gasteiger charge is 2.09. The van der Waals surface area contributed by atoms with Crippen LogP contribution in [0.1, 0.15) is 5.56 Å². The summed E-state index contributed by atoms with van der Waals surface area (Å²) in [4.78, 5) is 16.8. The van der Waals surface area contributed by atoms with Crippen molar-refractivity contribution in [2.45, 2.75) is 0 Å². The highest BCUT2D eigenvalue weighted by molar-refractivity contribution is 6.30. The van der Waals surface area contributed by atoms with Crippen LogP contribution in [0.5, 0.6) is 23.5 Å². The van der Waals surface area contributed by atoms with Gasteiger partial charge in [-0.15, -0.1) is 0 Å². The van der Waals surface area contributed by atoms with Crippen LogP contribution in [0.25, 0.3) is 0 Å². The quantitative estimate of drug-likeness (QED) is 0.608. The topological polar surface area (TPSA) is 78.7 Å². The molecule has 0 bridgehead atoms. The summed E-state index contributed by atoms with van der Waals surface area (Å²) >= 11 is 5.83. The van der Waals surface area contributed by atoms with Gasteiger partial charge in [0, 0.05) is 18.0 Å². The standard InChI is InChI=1S/C18H15ClN4O3/c1-24-16-9-17(25-2)23-18(22-16)26-14-6-4-3-5-12(14)10-20-15-8-7-13(19)11-21-15/h3-11H,1-2H3. The van der Waals surface area contributed by atoms with E-state index in [0.29, 0.717) is 28.3 Å². The van der Waals surface area contributed by atoms with Crippen molar-refractivity contribution < 1.29 is 14.2 Å². The maximum Gasteiger partial charge on any atom is 0.328 e. The van der Waals surface area contributed by atoms with E-state index in [2.05, 4.69) is 19.9 Å². The minimum Gasteiger partial charge on any atom is -0.481 e. The molecule has 26 heavy (non-hydrogen) atoms. The first-order valence-corrected chi connectivity index (χ1v) is 7.95. The summed E-state index contributed by atoms with van der Waals surface area (Å²) in [6.45, 7) is 0. The second-order valence-corrected chi connectivity index (χ2v) is 5.40. The molecule has 0 radical (unpaired) electrons. The average molecular weight is 371 g/mol. The molecule has 0 unspecified atom stereocenters. The molecule has 3 rings (SSSR count). The molecule has 0 fully saturated rings. The normalized spacial score (nSPS) is 10.7. The van der Waals surface area contributed by atoms with E-state index >= 15 is 0 Å². The van der Waals surface area contributed by atoms with Crippen LogP contribution in [-0.4, -0.2) is 35.4 Å².